The molecule has 0 aliphatic heterocycles. The van der Waals surface area contributed by atoms with Crippen LogP contribution in [0.2, 0.25) is 0 Å². The molecule has 80 valence electrons. The third-order valence-corrected chi connectivity index (χ3v) is 2.30. The molecule has 0 aromatic carbocycles. The van der Waals surface area contributed by atoms with Gasteiger partial charge in [0.25, 0.3) is 0 Å². The molecule has 0 fully saturated rings. The van der Waals surface area contributed by atoms with Gasteiger partial charge in [-0.15, -0.1) is 0 Å². The van der Waals surface area contributed by atoms with Crippen LogP contribution in [0, 0.1) is 0 Å². The maximum Gasteiger partial charge on any atom is 0.137 e. The first-order chi connectivity index (χ1) is 6.83. The molecule has 14 heavy (non-hydrogen) atoms. The predicted molar refractivity (Wildman–Crippen MR) is 54.8 cm³/mol. The largest absolute Gasteiger partial charge is 0.393 e. The highest BCUT2D eigenvalue weighted by Crippen LogP contribution is 2.06. The van der Waals surface area contributed by atoms with Crippen LogP contribution >= 0.6 is 0 Å². The highest BCUT2D eigenvalue weighted by Gasteiger charge is 2.03. The van der Waals surface area contributed by atoms with E-state index in [0.717, 1.165) is 25.8 Å². The monoisotopic (exact) mass is 197 g/mol. The Kier molecular flexibility index (Phi) is 5.22. The van der Waals surface area contributed by atoms with Crippen molar-refractivity contribution >= 4 is 0 Å². The number of nitrogens with zero attached hydrogens (tertiary/aromatic N) is 3. The quantitative estimate of drug-likeness (QED) is 0.676. The van der Waals surface area contributed by atoms with Gasteiger partial charge in [-0.2, -0.15) is 5.10 Å². The van der Waals surface area contributed by atoms with Gasteiger partial charge in [0.1, 0.15) is 12.7 Å². The minimum Gasteiger partial charge on any atom is -0.393 e. The number of hydrogen-bond donors (Lipinski definition) is 1. The summed E-state index contributed by atoms with van der Waals surface area (Å²) in [6.07, 6.45) is 8.22. The molecule has 1 aromatic rings. The third-order valence-electron chi connectivity index (χ3n) is 2.30. The van der Waals surface area contributed by atoms with Crippen LogP contribution in [0.25, 0.3) is 0 Å². The van der Waals surface area contributed by atoms with Gasteiger partial charge in [0, 0.05) is 6.54 Å². The number of aryl methyl sites for hydroxylation is 1. The van der Waals surface area contributed by atoms with Crippen molar-refractivity contribution in [3.63, 3.8) is 0 Å². The zero-order valence-electron chi connectivity index (χ0n) is 8.76. The van der Waals surface area contributed by atoms with E-state index in [0.29, 0.717) is 0 Å². The molecule has 0 saturated carbocycles. The standard InChI is InChI=1S/C10H19N3O/c1-2-3-4-5-10(14)6-7-13-9-11-8-12-13/h8-10,14H,2-7H2,1H3. The smallest absolute Gasteiger partial charge is 0.137 e. The maximum absolute atomic E-state index is 9.61. The van der Waals surface area contributed by atoms with E-state index in [9.17, 15) is 5.11 Å². The lowest BCUT2D eigenvalue weighted by atomic mass is 10.1. The Morgan fingerprint density at radius 1 is 1.36 bits per heavy atom. The Hall–Kier alpha value is -0.900. The van der Waals surface area contributed by atoms with Gasteiger partial charge in [-0.05, 0) is 12.8 Å². The normalized spacial score (nSPS) is 13.0. The van der Waals surface area contributed by atoms with E-state index in [4.69, 9.17) is 0 Å². The molecule has 1 N–H and O–H groups in total. The Labute approximate surface area is 85.0 Å². The molecule has 1 unspecified atom stereocenters. The summed E-state index contributed by atoms with van der Waals surface area (Å²) in [5.41, 5.74) is 0. The van der Waals surface area contributed by atoms with Crippen LogP contribution in [0.3, 0.4) is 0 Å². The topological polar surface area (TPSA) is 50.9 Å². The second kappa shape index (κ2) is 6.54. The fourth-order valence-corrected chi connectivity index (χ4v) is 1.40. The fourth-order valence-electron chi connectivity index (χ4n) is 1.40. The molecule has 1 heterocycles. The molecule has 0 spiro atoms. The van der Waals surface area contributed by atoms with E-state index in [-0.39, 0.29) is 6.10 Å². The van der Waals surface area contributed by atoms with Crippen molar-refractivity contribution in [1.29, 1.82) is 0 Å². The minimum atomic E-state index is -0.189. The molecule has 1 atom stereocenters. The van der Waals surface area contributed by atoms with Gasteiger partial charge >= 0.3 is 0 Å². The van der Waals surface area contributed by atoms with Gasteiger partial charge in [-0.1, -0.05) is 26.2 Å². The van der Waals surface area contributed by atoms with Crippen LogP contribution in [-0.4, -0.2) is 26.0 Å². The molecule has 0 radical (unpaired) electrons. The zero-order chi connectivity index (χ0) is 10.2. The number of unbranched alkanes of at least 4 members (excludes halogenated alkanes) is 2. The Morgan fingerprint density at radius 2 is 2.21 bits per heavy atom. The second-order valence-corrected chi connectivity index (χ2v) is 3.60. The highest BCUT2D eigenvalue weighted by molar-refractivity contribution is 4.60. The van der Waals surface area contributed by atoms with E-state index < -0.39 is 0 Å². The molecule has 0 saturated heterocycles. The Morgan fingerprint density at radius 3 is 2.86 bits per heavy atom. The molecule has 0 bridgehead atoms. The van der Waals surface area contributed by atoms with Crippen molar-refractivity contribution in [3.05, 3.63) is 12.7 Å². The predicted octanol–water partition coefficient (Wildman–Crippen LogP) is 1.61. The van der Waals surface area contributed by atoms with Crippen molar-refractivity contribution in [1.82, 2.24) is 14.8 Å². The molecular formula is C10H19N3O. The first kappa shape index (κ1) is 11.2. The van der Waals surface area contributed by atoms with E-state index in [1.807, 2.05) is 0 Å². The molecule has 4 nitrogen and oxygen atoms in total. The Balaban J connectivity index is 2.06. The Bertz CT molecular complexity index is 223. The number of aliphatic hydroxyl groups is 1. The number of aliphatic hydroxyl groups excluding tert-OH is 1. The molecule has 0 aliphatic carbocycles. The maximum atomic E-state index is 9.61. The van der Waals surface area contributed by atoms with E-state index in [1.54, 1.807) is 11.0 Å². The van der Waals surface area contributed by atoms with Gasteiger partial charge in [-0.25, -0.2) is 4.98 Å². The van der Waals surface area contributed by atoms with Crippen molar-refractivity contribution in [2.75, 3.05) is 0 Å². The van der Waals surface area contributed by atoms with Gasteiger partial charge in [0.05, 0.1) is 6.10 Å². The highest BCUT2D eigenvalue weighted by atomic mass is 16.3. The van der Waals surface area contributed by atoms with Crippen molar-refractivity contribution in [3.8, 4) is 0 Å². The molecule has 1 aromatic heterocycles. The van der Waals surface area contributed by atoms with Gasteiger partial charge < -0.3 is 5.11 Å². The van der Waals surface area contributed by atoms with Gasteiger partial charge in [0.15, 0.2) is 0 Å². The lowest BCUT2D eigenvalue weighted by molar-refractivity contribution is 0.144. The first-order valence-corrected chi connectivity index (χ1v) is 5.33. The number of rotatable bonds is 7. The van der Waals surface area contributed by atoms with Gasteiger partial charge in [-0.3, -0.25) is 4.68 Å². The summed E-state index contributed by atoms with van der Waals surface area (Å²) in [7, 11) is 0. The zero-order valence-corrected chi connectivity index (χ0v) is 8.76. The van der Waals surface area contributed by atoms with Crippen LogP contribution in [0.1, 0.15) is 39.0 Å². The van der Waals surface area contributed by atoms with Gasteiger partial charge in [0.2, 0.25) is 0 Å². The summed E-state index contributed by atoms with van der Waals surface area (Å²) in [4.78, 5) is 3.85. The minimum absolute atomic E-state index is 0.189. The molecule has 0 amide bonds. The summed E-state index contributed by atoms with van der Waals surface area (Å²) < 4.78 is 1.75. The van der Waals surface area contributed by atoms with Crippen LogP contribution in [0.5, 0.6) is 0 Å². The average Bonchev–Trinajstić information content (AvgIpc) is 2.68. The van der Waals surface area contributed by atoms with Crippen LogP contribution in [-0.2, 0) is 6.54 Å². The van der Waals surface area contributed by atoms with Crippen molar-refractivity contribution in [2.24, 2.45) is 0 Å². The lowest BCUT2D eigenvalue weighted by Crippen LogP contribution is -2.11. The molecule has 0 aliphatic rings. The molecular weight excluding hydrogens is 178 g/mol. The van der Waals surface area contributed by atoms with Crippen molar-refractivity contribution < 1.29 is 5.11 Å². The average molecular weight is 197 g/mol. The first-order valence-electron chi connectivity index (χ1n) is 5.33. The summed E-state index contributed by atoms with van der Waals surface area (Å²) in [6, 6.07) is 0. The van der Waals surface area contributed by atoms with E-state index in [1.165, 1.54) is 19.2 Å². The van der Waals surface area contributed by atoms with Crippen LogP contribution in [0.4, 0.5) is 0 Å². The summed E-state index contributed by atoms with van der Waals surface area (Å²) in [5.74, 6) is 0. The third kappa shape index (κ3) is 4.37. The van der Waals surface area contributed by atoms with Crippen LogP contribution < -0.4 is 0 Å². The molecule has 4 heteroatoms. The number of aromatic nitrogens is 3. The van der Waals surface area contributed by atoms with Crippen LogP contribution in [0.15, 0.2) is 12.7 Å². The SMILES string of the molecule is CCCCCC(O)CCn1cncn1. The van der Waals surface area contributed by atoms with Crippen molar-refractivity contribution in [2.45, 2.75) is 51.7 Å². The summed E-state index contributed by atoms with van der Waals surface area (Å²) >= 11 is 0. The number of hydrogen-bond acceptors (Lipinski definition) is 3. The summed E-state index contributed by atoms with van der Waals surface area (Å²) in [5, 5.41) is 13.6. The van der Waals surface area contributed by atoms with E-state index >= 15 is 0 Å². The molecule has 1 rings (SSSR count). The fraction of sp³-hybridized carbons (Fsp3) is 0.800. The van der Waals surface area contributed by atoms with E-state index in [2.05, 4.69) is 17.0 Å². The summed E-state index contributed by atoms with van der Waals surface area (Å²) in [6.45, 7) is 2.93. The lowest BCUT2D eigenvalue weighted by Gasteiger charge is -2.09. The second-order valence-electron chi connectivity index (χ2n) is 3.60.